The van der Waals surface area contributed by atoms with E-state index in [1.54, 1.807) is 50.2 Å². The van der Waals surface area contributed by atoms with Crippen LogP contribution in [0.4, 0.5) is 34.5 Å². The number of hydrogen-bond acceptors (Lipinski definition) is 14. The fraction of sp³-hybridized carbons (Fsp3) is 0.435. The molecule has 1 aromatic heterocycles. The van der Waals surface area contributed by atoms with Gasteiger partial charge in [0.05, 0.1) is 44.9 Å². The van der Waals surface area contributed by atoms with E-state index in [2.05, 4.69) is 53.6 Å². The predicted molar refractivity (Wildman–Crippen MR) is 246 cm³/mol. The second kappa shape index (κ2) is 18.4. The molecule has 4 aliphatic heterocycles. The average molecular weight is 913 g/mol. The van der Waals surface area contributed by atoms with E-state index in [1.807, 2.05) is 26.0 Å². The van der Waals surface area contributed by atoms with E-state index in [0.717, 1.165) is 80.5 Å². The van der Waals surface area contributed by atoms with Gasteiger partial charge in [0.1, 0.15) is 16.8 Å². The molecule has 16 nitrogen and oxygen atoms in total. The van der Waals surface area contributed by atoms with Crippen molar-refractivity contribution in [1.82, 2.24) is 25.1 Å². The minimum Gasteiger partial charge on any atom is -0.489 e. The molecule has 0 aliphatic carbocycles. The van der Waals surface area contributed by atoms with E-state index < -0.39 is 44.8 Å². The number of imide groups is 2. The highest BCUT2D eigenvalue weighted by Gasteiger charge is 2.45. The number of aromatic nitrogens is 2. The third-order valence-electron chi connectivity index (χ3n) is 12.4. The zero-order valence-corrected chi connectivity index (χ0v) is 38.3. The second-order valence-electron chi connectivity index (χ2n) is 17.4. The Kier molecular flexibility index (Phi) is 12.9. The number of piperazine rings is 1. The molecule has 3 N–H and O–H groups in total. The first kappa shape index (κ1) is 44.8. The maximum absolute atomic E-state index is 13.4. The second-order valence-corrected chi connectivity index (χ2v) is 20.3. The summed E-state index contributed by atoms with van der Waals surface area (Å²) < 4.78 is 32.5. The Balaban J connectivity index is 0.873. The molecule has 0 spiro atoms. The number of amides is 4. The fourth-order valence-electron chi connectivity index (χ4n) is 8.87. The van der Waals surface area contributed by atoms with Crippen LogP contribution in [0.25, 0.3) is 0 Å². The Morgan fingerprint density at radius 3 is 2.27 bits per heavy atom. The lowest BCUT2D eigenvalue weighted by atomic mass is 9.95. The lowest BCUT2D eigenvalue weighted by molar-refractivity contribution is -0.136. The number of carbonyl (C=O) groups excluding carboxylic acids is 4. The Labute approximate surface area is 378 Å². The summed E-state index contributed by atoms with van der Waals surface area (Å²) >= 11 is 6.52. The number of nitrogens with zero attached hydrogens (tertiary/aromatic N) is 6. The minimum absolute atomic E-state index is 0.0826. The highest BCUT2D eigenvalue weighted by Crippen LogP contribution is 2.38. The fourth-order valence-corrected chi connectivity index (χ4v) is 10.2. The molecule has 3 fully saturated rings. The van der Waals surface area contributed by atoms with Crippen LogP contribution in [0.1, 0.15) is 79.7 Å². The van der Waals surface area contributed by atoms with E-state index in [0.29, 0.717) is 28.6 Å². The molecule has 64 heavy (non-hydrogen) atoms. The van der Waals surface area contributed by atoms with Gasteiger partial charge in [0.25, 0.3) is 11.8 Å². The van der Waals surface area contributed by atoms with Gasteiger partial charge in [-0.1, -0.05) is 23.7 Å². The molecule has 0 radical (unpaired) electrons. The number of nitrogens with one attached hydrogen (secondary N) is 3. The van der Waals surface area contributed by atoms with Gasteiger partial charge in [0, 0.05) is 69.7 Å². The molecule has 338 valence electrons. The zero-order chi connectivity index (χ0) is 45.4. The molecule has 0 bridgehead atoms. The van der Waals surface area contributed by atoms with Crippen LogP contribution in [0.3, 0.4) is 0 Å². The van der Waals surface area contributed by atoms with Gasteiger partial charge in [-0.2, -0.15) is 4.98 Å². The molecule has 3 aromatic carbocycles. The average Bonchev–Trinajstić information content (AvgIpc) is 3.51. The highest BCUT2D eigenvalue weighted by molar-refractivity contribution is 7.92. The van der Waals surface area contributed by atoms with Crippen LogP contribution in [0, 0.1) is 12.8 Å². The molecule has 8 rings (SSSR count). The van der Waals surface area contributed by atoms with E-state index >= 15 is 0 Å². The summed E-state index contributed by atoms with van der Waals surface area (Å²) in [6.07, 6.45) is 3.66. The van der Waals surface area contributed by atoms with Crippen LogP contribution >= 0.6 is 11.6 Å². The number of sulfone groups is 1. The summed E-state index contributed by atoms with van der Waals surface area (Å²) in [5.41, 5.74) is 4.68. The lowest BCUT2D eigenvalue weighted by Gasteiger charge is -2.40. The van der Waals surface area contributed by atoms with E-state index in [4.69, 9.17) is 16.3 Å². The summed E-state index contributed by atoms with van der Waals surface area (Å²) in [6.45, 7) is 15.4. The van der Waals surface area contributed by atoms with Crippen molar-refractivity contribution in [2.24, 2.45) is 5.92 Å². The number of hydrogen-bond donors (Lipinski definition) is 3. The first-order valence-corrected chi connectivity index (χ1v) is 23.8. The molecule has 1 unspecified atom stereocenters. The highest BCUT2D eigenvalue weighted by atomic mass is 35.5. The third kappa shape index (κ3) is 9.24. The number of halogens is 1. The number of anilines is 6. The Morgan fingerprint density at radius 2 is 1.56 bits per heavy atom. The summed E-state index contributed by atoms with van der Waals surface area (Å²) in [6, 6.07) is 15.1. The van der Waals surface area contributed by atoms with E-state index in [1.165, 1.54) is 6.20 Å². The van der Waals surface area contributed by atoms with Crippen LogP contribution in [0.5, 0.6) is 5.75 Å². The van der Waals surface area contributed by atoms with Crippen LogP contribution in [0.2, 0.25) is 5.02 Å². The number of fused-ring (bicyclic) bond motifs is 1. The maximum Gasteiger partial charge on any atom is 0.262 e. The van der Waals surface area contributed by atoms with Crippen LogP contribution in [0.15, 0.2) is 65.7 Å². The monoisotopic (exact) mass is 911 g/mol. The predicted octanol–water partition coefficient (Wildman–Crippen LogP) is 6.33. The number of ether oxygens (including phenoxy) is 1. The number of benzene rings is 3. The Morgan fingerprint density at radius 1 is 0.844 bits per heavy atom. The maximum atomic E-state index is 13.4. The Hall–Kier alpha value is -5.78. The first-order chi connectivity index (χ1) is 30.6. The molecule has 4 aromatic rings. The molecular formula is C46H54ClN9O7S. The van der Waals surface area contributed by atoms with Crippen molar-refractivity contribution in [1.29, 1.82) is 0 Å². The first-order valence-electron chi connectivity index (χ1n) is 21.9. The van der Waals surface area contributed by atoms with Crippen molar-refractivity contribution in [2.75, 3.05) is 66.2 Å². The zero-order valence-electron chi connectivity index (χ0n) is 36.7. The van der Waals surface area contributed by atoms with Crippen molar-refractivity contribution >= 4 is 79.6 Å². The van der Waals surface area contributed by atoms with E-state index in [9.17, 15) is 27.6 Å². The van der Waals surface area contributed by atoms with Crippen LogP contribution in [-0.2, 0) is 19.4 Å². The molecule has 0 saturated carbocycles. The summed E-state index contributed by atoms with van der Waals surface area (Å²) in [5.74, 6) is -0.293. The summed E-state index contributed by atoms with van der Waals surface area (Å²) in [4.78, 5) is 68.1. The van der Waals surface area contributed by atoms with Gasteiger partial charge in [-0.25, -0.2) is 13.4 Å². The standard InChI is InChI=1S/C46H54ClN9O7S/c1-27(2)63-39-24-38(29(5)22-36(39)50-46-48-25-34(47)42(52-46)49-35-8-6-7-9-40(35)64(61,62)28(3)4)55-16-14-30(15-17-55)26-53-18-20-54(21-19-53)31-10-11-32-33(23-31)45(60)56(44(32)59)37-12-13-41(57)51-43(37)58/h6-11,22-25,27-28,30,37H,12-21,26H2,1-5H3,(H,51,57,58)(H2,48,49,50,52). The van der Waals surface area contributed by atoms with Crippen LogP contribution < -0.4 is 30.5 Å². The number of piperidine rings is 2. The van der Waals surface area contributed by atoms with Crippen molar-refractivity contribution in [3.05, 3.63) is 82.5 Å². The lowest BCUT2D eigenvalue weighted by Crippen LogP contribution is -2.54. The van der Waals surface area contributed by atoms with Gasteiger partial charge in [0.2, 0.25) is 17.8 Å². The van der Waals surface area contributed by atoms with Crippen molar-refractivity contribution in [2.45, 2.75) is 82.6 Å². The number of aryl methyl sites for hydroxylation is 1. The summed E-state index contributed by atoms with van der Waals surface area (Å²) in [5, 5.41) is 8.30. The third-order valence-corrected chi connectivity index (χ3v) is 14.8. The topological polar surface area (TPSA) is 186 Å². The normalized spacial score (nSPS) is 18.8. The Bertz CT molecular complexity index is 2590. The molecule has 3 saturated heterocycles. The number of carbonyl (C=O) groups is 4. The number of para-hydroxylation sites is 1. The summed E-state index contributed by atoms with van der Waals surface area (Å²) in [7, 11) is -3.58. The molecule has 18 heteroatoms. The molecule has 5 heterocycles. The van der Waals surface area contributed by atoms with Gasteiger partial charge in [-0.3, -0.25) is 34.3 Å². The van der Waals surface area contributed by atoms with Crippen LogP contribution in [-0.4, -0.2) is 115 Å². The number of rotatable bonds is 13. The van der Waals surface area contributed by atoms with Crippen molar-refractivity contribution in [3.8, 4) is 5.75 Å². The molecule has 1 atom stereocenters. The quantitative estimate of drug-likeness (QED) is 0.126. The molecule has 4 aliphatic rings. The smallest absolute Gasteiger partial charge is 0.262 e. The molecular weight excluding hydrogens is 858 g/mol. The van der Waals surface area contributed by atoms with Gasteiger partial charge < -0.3 is 25.2 Å². The van der Waals surface area contributed by atoms with Gasteiger partial charge in [0.15, 0.2) is 15.7 Å². The molecule has 4 amide bonds. The van der Waals surface area contributed by atoms with Gasteiger partial charge in [-0.05, 0) is 102 Å². The van der Waals surface area contributed by atoms with Crippen molar-refractivity contribution < 1.29 is 32.3 Å². The van der Waals surface area contributed by atoms with Crippen molar-refractivity contribution in [3.63, 3.8) is 0 Å². The SMILES string of the molecule is Cc1cc(Nc2ncc(Cl)c(Nc3ccccc3S(=O)(=O)C(C)C)n2)c(OC(C)C)cc1N1CCC(CN2CCN(c3ccc4c(c3)C(=O)N(C3CCC(=O)NC3=O)C4=O)CC2)CC1. The van der Waals surface area contributed by atoms with E-state index in [-0.39, 0.29) is 46.2 Å². The largest absolute Gasteiger partial charge is 0.489 e. The minimum atomic E-state index is -3.58. The van der Waals surface area contributed by atoms with Gasteiger partial charge >= 0.3 is 0 Å². The van der Waals surface area contributed by atoms with Gasteiger partial charge in [-0.15, -0.1) is 0 Å².